The van der Waals surface area contributed by atoms with E-state index in [1.54, 1.807) is 0 Å². The average Bonchev–Trinajstić information content (AvgIpc) is 1.65. The van der Waals surface area contributed by atoms with E-state index in [0.717, 1.165) is 17.1 Å². The van der Waals surface area contributed by atoms with E-state index >= 15 is 0 Å². The Labute approximate surface area is 57.7 Å². The highest BCUT2D eigenvalue weighted by molar-refractivity contribution is 8.01. The van der Waals surface area contributed by atoms with Crippen LogP contribution >= 0.6 is 0 Å². The SMILES string of the molecule is CCO[SiH3].O=S([O-])[SiH3]. The molecule has 8 heavy (non-hydrogen) atoms. The summed E-state index contributed by atoms with van der Waals surface area (Å²) in [5.41, 5.74) is 0. The lowest BCUT2D eigenvalue weighted by atomic mass is 10.9. The predicted octanol–water partition coefficient (Wildman–Crippen LogP) is -2.55. The molecule has 3 nitrogen and oxygen atoms in total. The molecule has 0 spiro atoms. The Kier molecular flexibility index (Phi) is 14.8. The molecule has 0 bridgehead atoms. The maximum absolute atomic E-state index is 9.06. The second kappa shape index (κ2) is 10.5. The molecule has 0 aromatic rings. The predicted molar refractivity (Wildman–Crippen MR) is 40.4 cm³/mol. The topological polar surface area (TPSA) is 49.4 Å². The molecular weight excluding hydrogens is 160 g/mol. The van der Waals surface area contributed by atoms with Crippen molar-refractivity contribution >= 4 is 30.4 Å². The third-order valence-electron chi connectivity index (χ3n) is 0.289. The van der Waals surface area contributed by atoms with Gasteiger partial charge < -0.3 is 8.98 Å². The second-order valence-electron chi connectivity index (χ2n) is 0.979. The average molecular weight is 171 g/mol. The van der Waals surface area contributed by atoms with Crippen LogP contribution in [0, 0.1) is 0 Å². The van der Waals surface area contributed by atoms with Crippen molar-refractivity contribution in [2.75, 3.05) is 6.61 Å². The van der Waals surface area contributed by atoms with E-state index in [-0.39, 0.29) is 9.39 Å². The van der Waals surface area contributed by atoms with Crippen molar-refractivity contribution in [3.05, 3.63) is 0 Å². The first-order valence-electron chi connectivity index (χ1n) is 2.15. The van der Waals surface area contributed by atoms with E-state index in [9.17, 15) is 0 Å². The van der Waals surface area contributed by atoms with Gasteiger partial charge in [0.05, 0.1) is 9.39 Å². The van der Waals surface area contributed by atoms with E-state index in [2.05, 4.69) is 4.43 Å². The summed E-state index contributed by atoms with van der Waals surface area (Å²) in [6.45, 7) is 2.87. The third-order valence-corrected chi connectivity index (χ3v) is 0.866. The van der Waals surface area contributed by atoms with Gasteiger partial charge in [-0.3, -0.25) is 4.21 Å². The monoisotopic (exact) mass is 171 g/mol. The van der Waals surface area contributed by atoms with E-state index in [1.807, 2.05) is 6.92 Å². The zero-order chi connectivity index (χ0) is 6.99. The highest BCUT2D eigenvalue weighted by Gasteiger charge is 1.51. The number of hydrogen-bond donors (Lipinski definition) is 0. The van der Waals surface area contributed by atoms with Gasteiger partial charge in [0.15, 0.2) is 0 Å². The van der Waals surface area contributed by atoms with Crippen molar-refractivity contribution in [1.82, 2.24) is 0 Å². The molecule has 0 aromatic carbocycles. The first-order chi connectivity index (χ1) is 3.65. The Morgan fingerprint density at radius 3 is 2.00 bits per heavy atom. The van der Waals surface area contributed by atoms with Gasteiger partial charge in [-0.05, 0) is 6.92 Å². The molecule has 1 atom stereocenters. The van der Waals surface area contributed by atoms with Crippen molar-refractivity contribution in [1.29, 1.82) is 0 Å². The Morgan fingerprint density at radius 1 is 1.88 bits per heavy atom. The molecule has 0 saturated carbocycles. The van der Waals surface area contributed by atoms with Gasteiger partial charge in [-0.25, -0.2) is 0 Å². The smallest absolute Gasteiger partial charge is 0.145 e. The lowest BCUT2D eigenvalue weighted by Crippen LogP contribution is -1.77. The summed E-state index contributed by atoms with van der Waals surface area (Å²) < 4.78 is 22.8. The first-order valence-corrected chi connectivity index (χ1v) is 6.89. The summed E-state index contributed by atoms with van der Waals surface area (Å²) in [4.78, 5) is 0. The molecule has 0 radical (unpaired) electrons. The van der Waals surface area contributed by atoms with Crippen molar-refractivity contribution < 1.29 is 13.2 Å². The lowest BCUT2D eigenvalue weighted by Gasteiger charge is -1.85. The fraction of sp³-hybridized carbons (Fsp3) is 1.00. The van der Waals surface area contributed by atoms with Crippen molar-refractivity contribution in [2.45, 2.75) is 6.92 Å². The highest BCUT2D eigenvalue weighted by atomic mass is 32.4. The summed E-state index contributed by atoms with van der Waals surface area (Å²) in [6, 6.07) is 0. The van der Waals surface area contributed by atoms with E-state index in [0.29, 0.717) is 0 Å². The summed E-state index contributed by atoms with van der Waals surface area (Å²) in [5.74, 6) is 0. The molecule has 0 heterocycles. The highest BCUT2D eigenvalue weighted by Crippen LogP contribution is 1.50. The number of hydrogen-bond acceptors (Lipinski definition) is 3. The molecule has 1 unspecified atom stereocenters. The maximum Gasteiger partial charge on any atom is 0.145 e. The fourth-order valence-electron chi connectivity index (χ4n) is 0. The summed E-state index contributed by atoms with van der Waals surface area (Å²) in [7, 11) is -0.567. The quantitative estimate of drug-likeness (QED) is 0.322. The standard InChI is InChI=1S/C2H8OSi.H4O2SSi/c1-2-3-4;1-3(2)4/h2H2,1,4H3;4H3,(H,1,2)/p-1. The van der Waals surface area contributed by atoms with Gasteiger partial charge in [0.25, 0.3) is 0 Å². The second-order valence-corrected chi connectivity index (χ2v) is 4.36. The van der Waals surface area contributed by atoms with Gasteiger partial charge in [0.1, 0.15) is 10.5 Å². The largest absolute Gasteiger partial charge is 0.778 e. The Hall–Kier alpha value is 0.504. The lowest BCUT2D eigenvalue weighted by molar-refractivity contribution is 0.375. The zero-order valence-electron chi connectivity index (χ0n) is 5.34. The molecule has 52 valence electrons. The minimum absolute atomic E-state index is 0.265. The minimum Gasteiger partial charge on any atom is -0.778 e. The first kappa shape index (κ1) is 11.3. The van der Waals surface area contributed by atoms with Gasteiger partial charge >= 0.3 is 0 Å². The van der Waals surface area contributed by atoms with Crippen LogP contribution in [-0.2, 0) is 15.0 Å². The molecule has 0 saturated heterocycles. The van der Waals surface area contributed by atoms with Gasteiger partial charge in [-0.1, -0.05) is 10.5 Å². The van der Waals surface area contributed by atoms with Crippen LogP contribution in [-0.4, -0.2) is 35.2 Å². The molecule has 0 aliphatic carbocycles. The molecule has 0 rings (SSSR count). The van der Waals surface area contributed by atoms with Crippen molar-refractivity contribution in [2.24, 2.45) is 0 Å². The summed E-state index contributed by atoms with van der Waals surface area (Å²) >= 11 is 0. The third kappa shape index (κ3) is 87.1. The Bertz CT molecular complexity index is 53.2. The molecule has 0 amide bonds. The molecule has 0 fully saturated rings. The molecule has 0 aliphatic rings. The van der Waals surface area contributed by atoms with Crippen LogP contribution < -0.4 is 0 Å². The van der Waals surface area contributed by atoms with Gasteiger partial charge in [0, 0.05) is 6.61 Å². The van der Waals surface area contributed by atoms with Crippen LogP contribution in [0.15, 0.2) is 0 Å². The fourth-order valence-corrected chi connectivity index (χ4v) is 0. The normalized spacial score (nSPS) is 12.2. The Balaban J connectivity index is 0. The van der Waals surface area contributed by atoms with E-state index in [1.165, 1.54) is 0 Å². The van der Waals surface area contributed by atoms with Crippen molar-refractivity contribution in [3.63, 3.8) is 0 Å². The Morgan fingerprint density at radius 2 is 2.00 bits per heavy atom. The van der Waals surface area contributed by atoms with Crippen LogP contribution in [0.5, 0.6) is 0 Å². The van der Waals surface area contributed by atoms with Crippen LogP contribution in [0.1, 0.15) is 6.92 Å². The van der Waals surface area contributed by atoms with Gasteiger partial charge in [0.2, 0.25) is 0 Å². The van der Waals surface area contributed by atoms with E-state index < -0.39 is 10.5 Å². The summed E-state index contributed by atoms with van der Waals surface area (Å²) in [6.07, 6.45) is 0. The molecule has 0 aliphatic heterocycles. The van der Waals surface area contributed by atoms with Crippen LogP contribution in [0.3, 0.4) is 0 Å². The van der Waals surface area contributed by atoms with Gasteiger partial charge in [-0.2, -0.15) is 0 Å². The molecule has 0 N–H and O–H groups in total. The molecule has 0 aromatic heterocycles. The van der Waals surface area contributed by atoms with Crippen LogP contribution in [0.4, 0.5) is 0 Å². The van der Waals surface area contributed by atoms with Crippen LogP contribution in [0.25, 0.3) is 0 Å². The zero-order valence-corrected chi connectivity index (χ0v) is 10.2. The maximum atomic E-state index is 9.06. The van der Waals surface area contributed by atoms with Gasteiger partial charge in [-0.15, -0.1) is 0 Å². The molecule has 6 heteroatoms. The van der Waals surface area contributed by atoms with Crippen LogP contribution in [0.2, 0.25) is 0 Å². The molecular formula is C2H11O3SSi2-. The minimum atomic E-state index is -1.72. The number of rotatable bonds is 1. The summed E-state index contributed by atoms with van der Waals surface area (Å²) in [5, 5.41) is 0. The van der Waals surface area contributed by atoms with Crippen molar-refractivity contribution in [3.8, 4) is 0 Å². The van der Waals surface area contributed by atoms with E-state index in [4.69, 9.17) is 8.76 Å².